The Morgan fingerprint density at radius 3 is 2.37 bits per heavy atom. The molecular formula is C11H22N4O3S. The van der Waals surface area contributed by atoms with Crippen LogP contribution in [0.15, 0.2) is 12.7 Å². The lowest BCUT2D eigenvalue weighted by Crippen LogP contribution is -2.54. The summed E-state index contributed by atoms with van der Waals surface area (Å²) in [5.74, 6) is -0.0104. The van der Waals surface area contributed by atoms with Gasteiger partial charge in [0.05, 0.1) is 6.54 Å². The molecule has 1 heterocycles. The van der Waals surface area contributed by atoms with Crippen LogP contribution in [0.1, 0.15) is 0 Å². The smallest absolute Gasteiger partial charge is 0.281 e. The zero-order chi connectivity index (χ0) is 14.5. The molecule has 1 saturated heterocycles. The standard InChI is InChI=1S/C11H22N4O3S/c1-4-5-12-10-11(16)14-6-8-15(9-7-14)19(17,18)13(2)3/h4,12H,1,5-10H2,2-3H3. The summed E-state index contributed by atoms with van der Waals surface area (Å²) in [4.78, 5) is 13.5. The Bertz CT molecular complexity index is 414. The van der Waals surface area contributed by atoms with Crippen molar-refractivity contribution in [2.75, 3.05) is 53.4 Å². The van der Waals surface area contributed by atoms with Gasteiger partial charge in [0.2, 0.25) is 5.91 Å². The molecule has 0 aromatic rings. The van der Waals surface area contributed by atoms with Crippen molar-refractivity contribution in [3.63, 3.8) is 0 Å². The van der Waals surface area contributed by atoms with Gasteiger partial charge in [-0.3, -0.25) is 4.79 Å². The predicted molar refractivity (Wildman–Crippen MR) is 73.8 cm³/mol. The summed E-state index contributed by atoms with van der Waals surface area (Å²) >= 11 is 0. The van der Waals surface area contributed by atoms with Crippen molar-refractivity contribution in [1.82, 2.24) is 18.8 Å². The van der Waals surface area contributed by atoms with Crippen molar-refractivity contribution >= 4 is 16.1 Å². The van der Waals surface area contributed by atoms with Gasteiger partial charge in [0.15, 0.2) is 0 Å². The summed E-state index contributed by atoms with van der Waals surface area (Å²) in [6.07, 6.45) is 1.69. The molecule has 7 nitrogen and oxygen atoms in total. The van der Waals surface area contributed by atoms with Crippen LogP contribution in [0.25, 0.3) is 0 Å². The summed E-state index contributed by atoms with van der Waals surface area (Å²) in [6, 6.07) is 0. The SMILES string of the molecule is C=CCNCC(=O)N1CCN(S(=O)(=O)N(C)C)CC1. The lowest BCUT2D eigenvalue weighted by molar-refractivity contribution is -0.131. The summed E-state index contributed by atoms with van der Waals surface area (Å²) in [5.41, 5.74) is 0. The Morgan fingerprint density at radius 1 is 1.32 bits per heavy atom. The fourth-order valence-corrected chi connectivity index (χ4v) is 2.88. The molecule has 0 spiro atoms. The Morgan fingerprint density at radius 2 is 1.89 bits per heavy atom. The fourth-order valence-electron chi connectivity index (χ4n) is 1.79. The van der Waals surface area contributed by atoms with E-state index in [0.29, 0.717) is 32.7 Å². The lowest BCUT2D eigenvalue weighted by Gasteiger charge is -2.35. The molecule has 1 N–H and O–H groups in total. The first-order valence-electron chi connectivity index (χ1n) is 6.16. The quantitative estimate of drug-likeness (QED) is 0.488. The molecule has 0 aliphatic carbocycles. The number of hydrogen-bond donors (Lipinski definition) is 1. The van der Waals surface area contributed by atoms with Crippen molar-refractivity contribution in [3.05, 3.63) is 12.7 Å². The highest BCUT2D eigenvalue weighted by Crippen LogP contribution is 2.09. The maximum absolute atomic E-state index is 11.9. The first-order valence-corrected chi connectivity index (χ1v) is 7.56. The van der Waals surface area contributed by atoms with Crippen LogP contribution in [0, 0.1) is 0 Å². The minimum absolute atomic E-state index is 0.0104. The first-order chi connectivity index (χ1) is 8.89. The van der Waals surface area contributed by atoms with Crippen LogP contribution in [0.2, 0.25) is 0 Å². The van der Waals surface area contributed by atoms with E-state index >= 15 is 0 Å². The molecule has 0 saturated carbocycles. The number of nitrogens with zero attached hydrogens (tertiary/aromatic N) is 3. The summed E-state index contributed by atoms with van der Waals surface area (Å²) in [5, 5.41) is 2.94. The predicted octanol–water partition coefficient (Wildman–Crippen LogP) is -1.29. The van der Waals surface area contributed by atoms with Gasteiger partial charge in [-0.15, -0.1) is 6.58 Å². The monoisotopic (exact) mass is 290 g/mol. The molecule has 0 aromatic heterocycles. The summed E-state index contributed by atoms with van der Waals surface area (Å²) < 4.78 is 26.4. The third-order valence-electron chi connectivity index (χ3n) is 2.94. The number of piperazine rings is 1. The van der Waals surface area contributed by atoms with Gasteiger partial charge in [-0.05, 0) is 0 Å². The maximum Gasteiger partial charge on any atom is 0.281 e. The van der Waals surface area contributed by atoms with Gasteiger partial charge >= 0.3 is 0 Å². The summed E-state index contributed by atoms with van der Waals surface area (Å²) in [7, 11) is -0.358. The van der Waals surface area contributed by atoms with Crippen molar-refractivity contribution in [3.8, 4) is 0 Å². The van der Waals surface area contributed by atoms with Crippen LogP contribution in [0.3, 0.4) is 0 Å². The normalized spacial score (nSPS) is 17.7. The second-order valence-electron chi connectivity index (χ2n) is 4.49. The highest BCUT2D eigenvalue weighted by Gasteiger charge is 2.29. The zero-order valence-corrected chi connectivity index (χ0v) is 12.3. The van der Waals surface area contributed by atoms with E-state index < -0.39 is 10.2 Å². The van der Waals surface area contributed by atoms with Crippen LogP contribution in [-0.4, -0.2) is 81.2 Å². The Labute approximate surface area is 115 Å². The van der Waals surface area contributed by atoms with E-state index in [1.807, 2.05) is 0 Å². The Hall–Kier alpha value is -0.960. The molecule has 110 valence electrons. The highest BCUT2D eigenvalue weighted by molar-refractivity contribution is 7.86. The molecule has 0 aromatic carbocycles. The number of carbonyl (C=O) groups excluding carboxylic acids is 1. The molecule has 1 amide bonds. The van der Waals surface area contributed by atoms with Gasteiger partial charge in [-0.2, -0.15) is 17.0 Å². The third-order valence-corrected chi connectivity index (χ3v) is 4.88. The number of rotatable bonds is 6. The first kappa shape index (κ1) is 16.1. The average molecular weight is 290 g/mol. The van der Waals surface area contributed by atoms with Gasteiger partial charge in [0.25, 0.3) is 10.2 Å². The zero-order valence-electron chi connectivity index (χ0n) is 11.5. The molecule has 0 unspecified atom stereocenters. The Kier molecular flexibility index (Phi) is 5.92. The number of carbonyl (C=O) groups is 1. The molecular weight excluding hydrogens is 268 g/mol. The van der Waals surface area contributed by atoms with Crippen LogP contribution in [0.5, 0.6) is 0 Å². The molecule has 1 rings (SSSR count). The van der Waals surface area contributed by atoms with E-state index in [9.17, 15) is 13.2 Å². The van der Waals surface area contributed by atoms with Gasteiger partial charge < -0.3 is 10.2 Å². The Balaban J connectivity index is 2.45. The number of amides is 1. The van der Waals surface area contributed by atoms with Crippen molar-refractivity contribution in [2.24, 2.45) is 0 Å². The number of hydrogen-bond acceptors (Lipinski definition) is 4. The minimum atomic E-state index is -3.37. The van der Waals surface area contributed by atoms with E-state index in [2.05, 4.69) is 11.9 Å². The molecule has 0 bridgehead atoms. The third kappa shape index (κ3) is 4.27. The molecule has 1 fully saturated rings. The maximum atomic E-state index is 11.9. The largest absolute Gasteiger partial charge is 0.339 e. The van der Waals surface area contributed by atoms with Gasteiger partial charge in [0, 0.05) is 46.8 Å². The molecule has 1 aliphatic heterocycles. The van der Waals surface area contributed by atoms with Crippen LogP contribution < -0.4 is 5.32 Å². The van der Waals surface area contributed by atoms with Crippen LogP contribution in [0.4, 0.5) is 0 Å². The molecule has 1 aliphatic rings. The molecule has 8 heteroatoms. The van der Waals surface area contributed by atoms with Crippen LogP contribution >= 0.6 is 0 Å². The second-order valence-corrected chi connectivity index (χ2v) is 6.63. The van der Waals surface area contributed by atoms with E-state index in [1.54, 1.807) is 11.0 Å². The fraction of sp³-hybridized carbons (Fsp3) is 0.727. The topological polar surface area (TPSA) is 73.0 Å². The van der Waals surface area contributed by atoms with Crippen molar-refractivity contribution < 1.29 is 13.2 Å². The summed E-state index contributed by atoms with van der Waals surface area (Å²) in [6.45, 7) is 5.94. The molecule has 0 radical (unpaired) electrons. The molecule has 19 heavy (non-hydrogen) atoms. The van der Waals surface area contributed by atoms with Crippen LogP contribution in [-0.2, 0) is 15.0 Å². The van der Waals surface area contributed by atoms with E-state index in [4.69, 9.17) is 0 Å². The van der Waals surface area contributed by atoms with Gasteiger partial charge in [0.1, 0.15) is 0 Å². The van der Waals surface area contributed by atoms with Gasteiger partial charge in [-0.1, -0.05) is 6.08 Å². The second kappa shape index (κ2) is 6.99. The minimum Gasteiger partial charge on any atom is -0.339 e. The average Bonchev–Trinajstić information content (AvgIpc) is 2.39. The van der Waals surface area contributed by atoms with Gasteiger partial charge in [-0.25, -0.2) is 0 Å². The van der Waals surface area contributed by atoms with E-state index in [1.165, 1.54) is 22.7 Å². The number of nitrogens with one attached hydrogen (secondary N) is 1. The molecule has 0 atom stereocenters. The van der Waals surface area contributed by atoms with Crippen molar-refractivity contribution in [2.45, 2.75) is 0 Å². The van der Waals surface area contributed by atoms with E-state index in [0.717, 1.165) is 0 Å². The highest BCUT2D eigenvalue weighted by atomic mass is 32.2. The van der Waals surface area contributed by atoms with E-state index in [-0.39, 0.29) is 12.5 Å². The lowest BCUT2D eigenvalue weighted by atomic mass is 10.3. The van der Waals surface area contributed by atoms with Crippen molar-refractivity contribution in [1.29, 1.82) is 0 Å².